The van der Waals surface area contributed by atoms with Crippen LogP contribution in [0.2, 0.25) is 0 Å². The van der Waals surface area contributed by atoms with Crippen molar-refractivity contribution in [1.29, 1.82) is 0 Å². The summed E-state index contributed by atoms with van der Waals surface area (Å²) in [5.74, 6) is 0.830. The molecule has 0 radical (unpaired) electrons. The van der Waals surface area contributed by atoms with E-state index in [9.17, 15) is 5.11 Å². The molecule has 0 saturated carbocycles. The molecule has 0 aliphatic carbocycles. The molecule has 0 amide bonds. The molecule has 1 rings (SSSR count). The summed E-state index contributed by atoms with van der Waals surface area (Å²) < 4.78 is 0.946. The van der Waals surface area contributed by atoms with E-state index in [4.69, 9.17) is 11.6 Å². The van der Waals surface area contributed by atoms with Crippen molar-refractivity contribution >= 4 is 39.3 Å². The molecule has 0 fully saturated rings. The molecule has 0 aliphatic heterocycles. The highest BCUT2D eigenvalue weighted by molar-refractivity contribution is 9.10. The van der Waals surface area contributed by atoms with Gasteiger partial charge in [0.1, 0.15) is 5.03 Å². The highest BCUT2D eigenvalue weighted by Gasteiger charge is 2.05. The summed E-state index contributed by atoms with van der Waals surface area (Å²) in [5.41, 5.74) is 0. The first-order valence-corrected chi connectivity index (χ1v) is 6.02. The number of thioether (sulfide) groups is 1. The lowest BCUT2D eigenvalue weighted by molar-refractivity contribution is 0.223. The zero-order chi connectivity index (χ0) is 9.68. The van der Waals surface area contributed by atoms with Crippen LogP contribution in [0.3, 0.4) is 0 Å². The highest BCUT2D eigenvalue weighted by Crippen LogP contribution is 2.24. The van der Waals surface area contributed by atoms with Gasteiger partial charge in [0, 0.05) is 22.3 Å². The fraction of sp³-hybridized carbons (Fsp3) is 0.375. The van der Waals surface area contributed by atoms with Crippen molar-refractivity contribution in [1.82, 2.24) is 4.98 Å². The van der Waals surface area contributed by atoms with Gasteiger partial charge < -0.3 is 5.11 Å². The summed E-state index contributed by atoms with van der Waals surface area (Å²) >= 11 is 10.3. The van der Waals surface area contributed by atoms with Crippen LogP contribution in [0.1, 0.15) is 0 Å². The smallest absolute Gasteiger partial charge is 0.110 e. The number of aliphatic hydroxyl groups excluding tert-OH is 1. The molecule has 1 aromatic heterocycles. The van der Waals surface area contributed by atoms with E-state index in [1.807, 2.05) is 12.1 Å². The minimum absolute atomic E-state index is 0.261. The van der Waals surface area contributed by atoms with Gasteiger partial charge in [0.25, 0.3) is 0 Å². The number of halogens is 2. The lowest BCUT2D eigenvalue weighted by Gasteiger charge is -2.06. The van der Waals surface area contributed by atoms with Gasteiger partial charge >= 0.3 is 0 Å². The average Bonchev–Trinajstić information content (AvgIpc) is 2.16. The van der Waals surface area contributed by atoms with Gasteiger partial charge in [0.2, 0.25) is 0 Å². The summed E-state index contributed by atoms with van der Waals surface area (Å²) in [7, 11) is 0. The third-order valence-electron chi connectivity index (χ3n) is 1.32. The Bertz CT molecular complexity index is 274. The Kier molecular flexibility index (Phi) is 5.09. The first-order valence-electron chi connectivity index (χ1n) is 3.71. The number of rotatable bonds is 4. The van der Waals surface area contributed by atoms with E-state index in [0.717, 1.165) is 9.50 Å². The molecule has 1 unspecified atom stereocenters. The molecule has 0 aromatic carbocycles. The van der Waals surface area contributed by atoms with Crippen molar-refractivity contribution in [2.75, 3.05) is 11.6 Å². The minimum Gasteiger partial charge on any atom is -0.391 e. The molecule has 1 aromatic rings. The van der Waals surface area contributed by atoms with E-state index in [1.165, 1.54) is 11.8 Å². The second-order valence-electron chi connectivity index (χ2n) is 2.41. The maximum atomic E-state index is 9.21. The van der Waals surface area contributed by atoms with Crippen LogP contribution in [-0.4, -0.2) is 27.8 Å². The number of aromatic nitrogens is 1. The maximum absolute atomic E-state index is 9.21. The van der Waals surface area contributed by atoms with E-state index in [2.05, 4.69) is 20.9 Å². The van der Waals surface area contributed by atoms with E-state index < -0.39 is 6.10 Å². The van der Waals surface area contributed by atoms with Crippen molar-refractivity contribution in [2.45, 2.75) is 11.1 Å². The molecule has 0 aliphatic rings. The predicted octanol–water partition coefficient (Wildman–Crippen LogP) is 2.54. The number of pyridine rings is 1. The van der Waals surface area contributed by atoms with Gasteiger partial charge in [-0.25, -0.2) is 4.98 Å². The number of hydrogen-bond donors (Lipinski definition) is 1. The van der Waals surface area contributed by atoms with E-state index >= 15 is 0 Å². The molecule has 1 heterocycles. The van der Waals surface area contributed by atoms with Crippen LogP contribution in [0.15, 0.2) is 27.8 Å². The fourth-order valence-corrected chi connectivity index (χ4v) is 2.34. The third kappa shape index (κ3) is 3.85. The summed E-state index contributed by atoms with van der Waals surface area (Å²) in [5, 5.41) is 10.1. The summed E-state index contributed by atoms with van der Waals surface area (Å²) in [6.07, 6.45) is 1.25. The Morgan fingerprint density at radius 2 is 2.46 bits per heavy atom. The first kappa shape index (κ1) is 11.3. The molecule has 0 saturated heterocycles. The monoisotopic (exact) mass is 281 g/mol. The molecule has 0 bridgehead atoms. The molecule has 5 heteroatoms. The topological polar surface area (TPSA) is 33.1 Å². The van der Waals surface area contributed by atoms with Crippen LogP contribution >= 0.6 is 39.3 Å². The van der Waals surface area contributed by atoms with Gasteiger partial charge in [-0.05, 0) is 28.1 Å². The minimum atomic E-state index is -0.472. The van der Waals surface area contributed by atoms with Gasteiger partial charge in [-0.1, -0.05) is 0 Å². The largest absolute Gasteiger partial charge is 0.391 e. The first-order chi connectivity index (χ1) is 6.24. The number of alkyl halides is 1. The summed E-state index contributed by atoms with van der Waals surface area (Å²) in [4.78, 5) is 4.15. The van der Waals surface area contributed by atoms with Crippen LogP contribution < -0.4 is 0 Å². The van der Waals surface area contributed by atoms with Gasteiger partial charge in [-0.15, -0.1) is 23.4 Å². The van der Waals surface area contributed by atoms with Crippen molar-refractivity contribution in [2.24, 2.45) is 0 Å². The fourth-order valence-electron chi connectivity index (χ4n) is 0.697. The summed E-state index contributed by atoms with van der Waals surface area (Å²) in [6, 6.07) is 3.77. The standard InChI is InChI=1S/C8H9BrClNOS/c9-7-2-1-3-11-8(7)13-5-6(12)4-10/h1-3,6,12H,4-5H2. The van der Waals surface area contributed by atoms with Crippen LogP contribution in [0.4, 0.5) is 0 Å². The third-order valence-corrected chi connectivity index (χ3v) is 3.72. The van der Waals surface area contributed by atoms with Gasteiger partial charge in [-0.2, -0.15) is 0 Å². The average molecular weight is 283 g/mol. The van der Waals surface area contributed by atoms with Crippen LogP contribution in [0, 0.1) is 0 Å². The Morgan fingerprint density at radius 3 is 3.08 bits per heavy atom. The van der Waals surface area contributed by atoms with E-state index in [1.54, 1.807) is 6.20 Å². The molecular weight excluding hydrogens is 274 g/mol. The van der Waals surface area contributed by atoms with E-state index in [0.29, 0.717) is 5.75 Å². The van der Waals surface area contributed by atoms with Crippen LogP contribution in [-0.2, 0) is 0 Å². The Morgan fingerprint density at radius 1 is 1.69 bits per heavy atom. The van der Waals surface area contributed by atoms with Gasteiger partial charge in [0.15, 0.2) is 0 Å². The molecule has 0 spiro atoms. The Balaban J connectivity index is 2.50. The number of aliphatic hydroxyl groups is 1. The highest BCUT2D eigenvalue weighted by atomic mass is 79.9. The summed E-state index contributed by atoms with van der Waals surface area (Å²) in [6.45, 7) is 0. The van der Waals surface area contributed by atoms with Crippen molar-refractivity contribution < 1.29 is 5.11 Å². The number of hydrogen-bond acceptors (Lipinski definition) is 3. The lowest BCUT2D eigenvalue weighted by Crippen LogP contribution is -2.11. The second kappa shape index (κ2) is 5.86. The van der Waals surface area contributed by atoms with Crippen molar-refractivity contribution in [3.63, 3.8) is 0 Å². The van der Waals surface area contributed by atoms with Gasteiger partial charge in [0.05, 0.1) is 6.10 Å². The number of nitrogens with zero attached hydrogens (tertiary/aromatic N) is 1. The zero-order valence-electron chi connectivity index (χ0n) is 6.78. The Labute approximate surface area is 94.8 Å². The SMILES string of the molecule is OC(CCl)CSc1ncccc1Br. The van der Waals surface area contributed by atoms with Crippen molar-refractivity contribution in [3.8, 4) is 0 Å². The molecule has 2 nitrogen and oxygen atoms in total. The molecular formula is C8H9BrClNOS. The lowest BCUT2D eigenvalue weighted by atomic mass is 10.5. The van der Waals surface area contributed by atoms with Gasteiger partial charge in [-0.3, -0.25) is 0 Å². The van der Waals surface area contributed by atoms with E-state index in [-0.39, 0.29) is 5.88 Å². The molecule has 13 heavy (non-hydrogen) atoms. The second-order valence-corrected chi connectivity index (χ2v) is 4.58. The Hall–Kier alpha value is 0.230. The maximum Gasteiger partial charge on any atom is 0.110 e. The zero-order valence-corrected chi connectivity index (χ0v) is 9.94. The quantitative estimate of drug-likeness (QED) is 0.680. The van der Waals surface area contributed by atoms with Crippen molar-refractivity contribution in [3.05, 3.63) is 22.8 Å². The molecule has 72 valence electrons. The normalized spacial score (nSPS) is 12.8. The van der Waals surface area contributed by atoms with Crippen LogP contribution in [0.25, 0.3) is 0 Å². The van der Waals surface area contributed by atoms with Crippen LogP contribution in [0.5, 0.6) is 0 Å². The molecule has 1 N–H and O–H groups in total. The molecule has 1 atom stereocenters. The predicted molar refractivity (Wildman–Crippen MR) is 59.4 cm³/mol.